The fourth-order valence-corrected chi connectivity index (χ4v) is 4.71. The van der Waals surface area contributed by atoms with Gasteiger partial charge in [-0.15, -0.1) is 11.3 Å². The SMILES string of the molecule is COc1cc(C=Nc2sc3c(c2C#N)CCCC3)cc(Br)c1OC. The van der Waals surface area contributed by atoms with E-state index in [-0.39, 0.29) is 0 Å². The molecule has 1 aromatic heterocycles. The van der Waals surface area contributed by atoms with Crippen LogP contribution in [0.5, 0.6) is 11.5 Å². The highest BCUT2D eigenvalue weighted by Crippen LogP contribution is 2.40. The Kier molecular flexibility index (Phi) is 5.22. The average Bonchev–Trinajstić information content (AvgIpc) is 2.96. The molecular formula is C18H17BrN2O2S. The van der Waals surface area contributed by atoms with Crippen molar-refractivity contribution in [3.63, 3.8) is 0 Å². The largest absolute Gasteiger partial charge is 0.493 e. The monoisotopic (exact) mass is 404 g/mol. The second kappa shape index (κ2) is 7.37. The van der Waals surface area contributed by atoms with Crippen LogP contribution >= 0.6 is 27.3 Å². The number of hydrogen-bond donors (Lipinski definition) is 0. The van der Waals surface area contributed by atoms with Crippen molar-refractivity contribution >= 4 is 38.5 Å². The number of hydrogen-bond acceptors (Lipinski definition) is 5. The number of ether oxygens (including phenoxy) is 2. The molecule has 1 aliphatic rings. The van der Waals surface area contributed by atoms with Gasteiger partial charge in [0.1, 0.15) is 11.1 Å². The van der Waals surface area contributed by atoms with E-state index in [1.807, 2.05) is 12.1 Å². The number of rotatable bonds is 4. The van der Waals surface area contributed by atoms with Gasteiger partial charge in [0.05, 0.1) is 24.3 Å². The van der Waals surface area contributed by atoms with Crippen molar-refractivity contribution in [3.8, 4) is 17.6 Å². The molecule has 4 nitrogen and oxygen atoms in total. The highest BCUT2D eigenvalue weighted by Gasteiger charge is 2.20. The Morgan fingerprint density at radius 3 is 2.75 bits per heavy atom. The topological polar surface area (TPSA) is 54.6 Å². The molecule has 0 aliphatic heterocycles. The molecule has 0 saturated heterocycles. The lowest BCUT2D eigenvalue weighted by molar-refractivity contribution is 0.353. The molecule has 0 bridgehead atoms. The van der Waals surface area contributed by atoms with Crippen LogP contribution in [0.15, 0.2) is 21.6 Å². The fraction of sp³-hybridized carbons (Fsp3) is 0.333. The Hall–Kier alpha value is -1.84. The van der Waals surface area contributed by atoms with Crippen molar-refractivity contribution < 1.29 is 9.47 Å². The van der Waals surface area contributed by atoms with E-state index >= 15 is 0 Å². The molecule has 0 N–H and O–H groups in total. The van der Waals surface area contributed by atoms with Crippen LogP contribution < -0.4 is 9.47 Å². The minimum atomic E-state index is 0.638. The van der Waals surface area contributed by atoms with Crippen LogP contribution in [0.1, 0.15) is 34.4 Å². The third kappa shape index (κ3) is 3.19. The van der Waals surface area contributed by atoms with Gasteiger partial charge in [-0.3, -0.25) is 0 Å². The second-order valence-electron chi connectivity index (χ2n) is 5.50. The summed E-state index contributed by atoms with van der Waals surface area (Å²) in [5.74, 6) is 1.29. The summed E-state index contributed by atoms with van der Waals surface area (Å²) in [6.45, 7) is 0. The third-order valence-electron chi connectivity index (χ3n) is 4.05. The molecule has 1 heterocycles. The summed E-state index contributed by atoms with van der Waals surface area (Å²) < 4.78 is 11.5. The van der Waals surface area contributed by atoms with E-state index in [0.717, 1.165) is 39.9 Å². The number of methoxy groups -OCH3 is 2. The number of nitriles is 1. The van der Waals surface area contributed by atoms with Gasteiger partial charge in [0.15, 0.2) is 11.5 Å². The zero-order chi connectivity index (χ0) is 17.1. The first kappa shape index (κ1) is 17.0. The third-order valence-corrected chi connectivity index (χ3v) is 5.84. The molecule has 1 aliphatic carbocycles. The maximum atomic E-state index is 9.49. The van der Waals surface area contributed by atoms with Gasteiger partial charge < -0.3 is 9.47 Å². The Morgan fingerprint density at radius 1 is 1.25 bits per heavy atom. The maximum Gasteiger partial charge on any atom is 0.174 e. The summed E-state index contributed by atoms with van der Waals surface area (Å²) in [6, 6.07) is 6.12. The molecule has 2 aromatic rings. The Morgan fingerprint density at radius 2 is 2.04 bits per heavy atom. The van der Waals surface area contributed by atoms with Crippen LogP contribution in [-0.2, 0) is 12.8 Å². The van der Waals surface area contributed by atoms with Gasteiger partial charge in [0, 0.05) is 11.1 Å². The van der Waals surface area contributed by atoms with Gasteiger partial charge >= 0.3 is 0 Å². The van der Waals surface area contributed by atoms with E-state index in [1.54, 1.807) is 31.8 Å². The zero-order valence-electron chi connectivity index (χ0n) is 13.6. The predicted molar refractivity (Wildman–Crippen MR) is 100 cm³/mol. The van der Waals surface area contributed by atoms with E-state index in [9.17, 15) is 5.26 Å². The molecule has 0 amide bonds. The Balaban J connectivity index is 1.96. The summed E-state index contributed by atoms with van der Waals surface area (Å²) in [4.78, 5) is 5.90. The molecular weight excluding hydrogens is 388 g/mol. The van der Waals surface area contributed by atoms with Gasteiger partial charge in [-0.1, -0.05) is 0 Å². The van der Waals surface area contributed by atoms with Crippen LogP contribution in [0.25, 0.3) is 0 Å². The molecule has 0 radical (unpaired) electrons. The normalized spacial score (nSPS) is 13.6. The first-order valence-electron chi connectivity index (χ1n) is 7.68. The Labute approximate surface area is 153 Å². The van der Waals surface area contributed by atoms with E-state index in [1.165, 1.54) is 16.9 Å². The van der Waals surface area contributed by atoms with Crippen LogP contribution in [0.4, 0.5) is 5.00 Å². The molecule has 24 heavy (non-hydrogen) atoms. The second-order valence-corrected chi connectivity index (χ2v) is 7.44. The quantitative estimate of drug-likeness (QED) is 0.671. The van der Waals surface area contributed by atoms with E-state index in [4.69, 9.17) is 9.47 Å². The molecule has 1 aromatic carbocycles. The lowest BCUT2D eigenvalue weighted by Gasteiger charge is -2.10. The standard InChI is InChI=1S/C18H17BrN2O2S/c1-22-15-8-11(7-14(19)17(15)23-2)10-21-18-13(9-20)12-5-3-4-6-16(12)24-18/h7-8,10H,3-6H2,1-2H3. The van der Waals surface area contributed by atoms with E-state index < -0.39 is 0 Å². The molecule has 124 valence electrons. The van der Waals surface area contributed by atoms with Gasteiger partial charge in [-0.2, -0.15) is 5.26 Å². The lowest BCUT2D eigenvalue weighted by Crippen LogP contribution is -1.99. The summed E-state index contributed by atoms with van der Waals surface area (Å²) >= 11 is 5.12. The van der Waals surface area contributed by atoms with Crippen LogP contribution in [0, 0.1) is 11.3 Å². The van der Waals surface area contributed by atoms with Crippen LogP contribution in [0.2, 0.25) is 0 Å². The van der Waals surface area contributed by atoms with Crippen molar-refractivity contribution in [2.75, 3.05) is 14.2 Å². The Bertz CT molecular complexity index is 837. The van der Waals surface area contributed by atoms with Crippen molar-refractivity contribution in [2.45, 2.75) is 25.7 Å². The summed E-state index contributed by atoms with van der Waals surface area (Å²) in [5.41, 5.74) is 2.83. The molecule has 0 spiro atoms. The van der Waals surface area contributed by atoms with Crippen molar-refractivity contribution in [2.24, 2.45) is 4.99 Å². The molecule has 0 saturated carbocycles. The highest BCUT2D eigenvalue weighted by atomic mass is 79.9. The van der Waals surface area contributed by atoms with Gasteiger partial charge in [-0.25, -0.2) is 4.99 Å². The summed E-state index contributed by atoms with van der Waals surface area (Å²) in [7, 11) is 3.21. The highest BCUT2D eigenvalue weighted by molar-refractivity contribution is 9.10. The summed E-state index contributed by atoms with van der Waals surface area (Å²) in [5, 5.41) is 10.3. The van der Waals surface area contributed by atoms with Gasteiger partial charge in [0.25, 0.3) is 0 Å². The van der Waals surface area contributed by atoms with E-state index in [2.05, 4.69) is 27.0 Å². The van der Waals surface area contributed by atoms with Crippen LogP contribution in [-0.4, -0.2) is 20.4 Å². The van der Waals surface area contributed by atoms with Gasteiger partial charge in [-0.05, 0) is 64.9 Å². The molecule has 0 unspecified atom stereocenters. The number of thiophene rings is 1. The number of aliphatic imine (C=N–C) groups is 1. The number of halogens is 1. The minimum Gasteiger partial charge on any atom is -0.493 e. The number of aryl methyl sites for hydroxylation is 1. The van der Waals surface area contributed by atoms with Gasteiger partial charge in [0.2, 0.25) is 0 Å². The molecule has 0 atom stereocenters. The molecule has 3 rings (SSSR count). The smallest absolute Gasteiger partial charge is 0.174 e. The van der Waals surface area contributed by atoms with Crippen molar-refractivity contribution in [3.05, 3.63) is 38.2 Å². The first-order valence-corrected chi connectivity index (χ1v) is 9.29. The zero-order valence-corrected chi connectivity index (χ0v) is 16.0. The number of nitrogens with zero attached hydrogens (tertiary/aromatic N) is 2. The lowest BCUT2D eigenvalue weighted by atomic mass is 9.96. The molecule has 0 fully saturated rings. The number of benzene rings is 1. The molecule has 6 heteroatoms. The average molecular weight is 405 g/mol. The minimum absolute atomic E-state index is 0.638. The van der Waals surface area contributed by atoms with Crippen molar-refractivity contribution in [1.82, 2.24) is 0 Å². The fourth-order valence-electron chi connectivity index (χ4n) is 2.90. The van der Waals surface area contributed by atoms with E-state index in [0.29, 0.717) is 11.5 Å². The van der Waals surface area contributed by atoms with Crippen molar-refractivity contribution in [1.29, 1.82) is 5.26 Å². The van der Waals surface area contributed by atoms with Crippen LogP contribution in [0.3, 0.4) is 0 Å². The number of fused-ring (bicyclic) bond motifs is 1. The first-order chi connectivity index (χ1) is 11.7. The maximum absolute atomic E-state index is 9.49. The summed E-state index contributed by atoms with van der Waals surface area (Å²) in [6.07, 6.45) is 6.18. The predicted octanol–water partition coefficient (Wildman–Crippen LogP) is 5.03.